The van der Waals surface area contributed by atoms with E-state index in [1.165, 1.54) is 18.1 Å². The van der Waals surface area contributed by atoms with Crippen molar-refractivity contribution < 1.29 is 9.90 Å². The molecular formula is C15H23NO2. The normalized spacial score (nSPS) is 12.6. The number of amides is 1. The lowest BCUT2D eigenvalue weighted by Crippen LogP contribution is -2.34. The van der Waals surface area contributed by atoms with Crippen molar-refractivity contribution in [3.8, 4) is 0 Å². The summed E-state index contributed by atoms with van der Waals surface area (Å²) in [5.74, 6) is 0.228. The van der Waals surface area contributed by atoms with Crippen molar-refractivity contribution >= 4 is 5.91 Å². The van der Waals surface area contributed by atoms with Gasteiger partial charge >= 0.3 is 0 Å². The van der Waals surface area contributed by atoms with Crippen LogP contribution in [0.4, 0.5) is 0 Å². The Balaban J connectivity index is 2.90. The number of likely N-dealkylation sites (N-methyl/N-ethyl adjacent to an activating group) is 1. The van der Waals surface area contributed by atoms with E-state index in [1.807, 2.05) is 6.92 Å². The highest BCUT2D eigenvalue weighted by molar-refractivity contribution is 5.79. The van der Waals surface area contributed by atoms with Gasteiger partial charge in [-0.25, -0.2) is 0 Å². The lowest BCUT2D eigenvalue weighted by molar-refractivity contribution is -0.138. The fourth-order valence-corrected chi connectivity index (χ4v) is 1.87. The molecule has 0 aromatic heterocycles. The Morgan fingerprint density at radius 2 is 1.94 bits per heavy atom. The van der Waals surface area contributed by atoms with Gasteiger partial charge in [0, 0.05) is 13.6 Å². The van der Waals surface area contributed by atoms with Crippen molar-refractivity contribution in [3.05, 3.63) is 34.9 Å². The molecule has 1 aromatic rings. The molecule has 0 bridgehead atoms. The topological polar surface area (TPSA) is 40.5 Å². The van der Waals surface area contributed by atoms with Crippen LogP contribution >= 0.6 is 0 Å². The summed E-state index contributed by atoms with van der Waals surface area (Å²) in [7, 11) is 1.72. The van der Waals surface area contributed by atoms with Crippen LogP contribution in [-0.2, 0) is 11.3 Å². The van der Waals surface area contributed by atoms with Crippen LogP contribution in [0.3, 0.4) is 0 Å². The van der Waals surface area contributed by atoms with Crippen molar-refractivity contribution in [1.29, 1.82) is 0 Å². The first kappa shape index (κ1) is 14.7. The molecule has 3 nitrogen and oxygen atoms in total. The van der Waals surface area contributed by atoms with E-state index in [9.17, 15) is 9.90 Å². The third-order valence-corrected chi connectivity index (χ3v) is 3.18. The predicted molar refractivity (Wildman–Crippen MR) is 73.4 cm³/mol. The molecule has 0 aliphatic heterocycles. The van der Waals surface area contributed by atoms with Gasteiger partial charge in [0.2, 0.25) is 0 Å². The van der Waals surface area contributed by atoms with Crippen molar-refractivity contribution in [2.45, 2.75) is 46.3 Å². The molecule has 100 valence electrons. The zero-order valence-electron chi connectivity index (χ0n) is 11.9. The monoisotopic (exact) mass is 249 g/mol. The van der Waals surface area contributed by atoms with E-state index in [0.29, 0.717) is 12.5 Å². The van der Waals surface area contributed by atoms with Crippen molar-refractivity contribution in [3.63, 3.8) is 0 Å². The summed E-state index contributed by atoms with van der Waals surface area (Å²) in [5, 5.41) is 9.29. The van der Waals surface area contributed by atoms with Gasteiger partial charge in [-0.3, -0.25) is 4.79 Å². The molecule has 0 fully saturated rings. The Morgan fingerprint density at radius 1 is 1.33 bits per heavy atom. The summed E-state index contributed by atoms with van der Waals surface area (Å²) in [6.45, 7) is 8.38. The maximum absolute atomic E-state index is 11.7. The molecule has 18 heavy (non-hydrogen) atoms. The van der Waals surface area contributed by atoms with Gasteiger partial charge in [0.15, 0.2) is 0 Å². The molecule has 0 spiro atoms. The number of aliphatic hydroxyl groups is 1. The largest absolute Gasteiger partial charge is 0.384 e. The molecule has 0 aliphatic rings. The average Bonchev–Trinajstić information content (AvgIpc) is 2.30. The lowest BCUT2D eigenvalue weighted by Gasteiger charge is -2.21. The average molecular weight is 249 g/mol. The van der Waals surface area contributed by atoms with Crippen LogP contribution in [-0.4, -0.2) is 29.1 Å². The van der Waals surface area contributed by atoms with E-state index in [1.54, 1.807) is 11.9 Å². The van der Waals surface area contributed by atoms with Gasteiger partial charge < -0.3 is 10.0 Å². The van der Waals surface area contributed by atoms with E-state index in [2.05, 4.69) is 32.0 Å². The van der Waals surface area contributed by atoms with E-state index in [4.69, 9.17) is 0 Å². The van der Waals surface area contributed by atoms with E-state index >= 15 is 0 Å². The van der Waals surface area contributed by atoms with Crippen LogP contribution in [0, 0.1) is 6.92 Å². The Labute approximate surface area is 109 Å². The van der Waals surface area contributed by atoms with Gasteiger partial charge in [-0.2, -0.15) is 0 Å². The van der Waals surface area contributed by atoms with Gasteiger partial charge in [-0.05, 0) is 36.5 Å². The highest BCUT2D eigenvalue weighted by atomic mass is 16.3. The maximum Gasteiger partial charge on any atom is 0.251 e. The first-order chi connectivity index (χ1) is 8.32. The minimum absolute atomic E-state index is 0.246. The molecule has 1 unspecified atom stereocenters. The molecule has 0 aliphatic carbocycles. The van der Waals surface area contributed by atoms with Crippen molar-refractivity contribution in [2.75, 3.05) is 7.05 Å². The number of carbonyl (C=O) groups is 1. The Kier molecular flexibility index (Phi) is 4.91. The molecule has 0 heterocycles. The SMILES string of the molecule is Cc1ccc(C(C)C)cc1CN(C)C(=O)C(C)O. The predicted octanol–water partition coefficient (Wildman–Crippen LogP) is 2.46. The van der Waals surface area contributed by atoms with Crippen molar-refractivity contribution in [1.82, 2.24) is 4.90 Å². The number of aryl methyl sites for hydroxylation is 1. The lowest BCUT2D eigenvalue weighted by atomic mass is 9.97. The summed E-state index contributed by atoms with van der Waals surface area (Å²) >= 11 is 0. The second-order valence-corrected chi connectivity index (χ2v) is 5.21. The van der Waals surface area contributed by atoms with E-state index < -0.39 is 6.10 Å². The molecule has 0 saturated carbocycles. The molecule has 1 rings (SSSR count). The fraction of sp³-hybridized carbons (Fsp3) is 0.533. The van der Waals surface area contributed by atoms with Crippen LogP contribution < -0.4 is 0 Å². The van der Waals surface area contributed by atoms with Gasteiger partial charge in [-0.1, -0.05) is 32.0 Å². The zero-order chi connectivity index (χ0) is 13.9. The zero-order valence-corrected chi connectivity index (χ0v) is 11.9. The van der Waals surface area contributed by atoms with Crippen LogP contribution in [0.25, 0.3) is 0 Å². The number of hydrogen-bond donors (Lipinski definition) is 1. The summed E-state index contributed by atoms with van der Waals surface area (Å²) in [5.41, 5.74) is 3.58. The first-order valence-corrected chi connectivity index (χ1v) is 6.35. The summed E-state index contributed by atoms with van der Waals surface area (Å²) in [6, 6.07) is 6.36. The van der Waals surface area contributed by atoms with Crippen LogP contribution in [0.5, 0.6) is 0 Å². The number of nitrogens with zero attached hydrogens (tertiary/aromatic N) is 1. The van der Waals surface area contributed by atoms with Gasteiger partial charge in [0.05, 0.1) is 0 Å². The number of aliphatic hydroxyl groups excluding tert-OH is 1. The smallest absolute Gasteiger partial charge is 0.251 e. The van der Waals surface area contributed by atoms with Gasteiger partial charge in [-0.15, -0.1) is 0 Å². The van der Waals surface area contributed by atoms with E-state index in [-0.39, 0.29) is 5.91 Å². The molecule has 1 N–H and O–H groups in total. The molecule has 1 aromatic carbocycles. The number of rotatable bonds is 4. The van der Waals surface area contributed by atoms with Gasteiger partial charge in [0.1, 0.15) is 6.10 Å². The fourth-order valence-electron chi connectivity index (χ4n) is 1.87. The van der Waals surface area contributed by atoms with Crippen LogP contribution in [0.15, 0.2) is 18.2 Å². The number of hydrogen-bond acceptors (Lipinski definition) is 2. The highest BCUT2D eigenvalue weighted by Gasteiger charge is 2.15. The number of carbonyl (C=O) groups excluding carboxylic acids is 1. The molecule has 0 radical (unpaired) electrons. The highest BCUT2D eigenvalue weighted by Crippen LogP contribution is 2.19. The molecule has 1 amide bonds. The van der Waals surface area contributed by atoms with Crippen molar-refractivity contribution in [2.24, 2.45) is 0 Å². The van der Waals surface area contributed by atoms with Gasteiger partial charge in [0.25, 0.3) is 5.91 Å². The Hall–Kier alpha value is -1.35. The molecular weight excluding hydrogens is 226 g/mol. The molecule has 1 atom stereocenters. The first-order valence-electron chi connectivity index (χ1n) is 6.35. The third-order valence-electron chi connectivity index (χ3n) is 3.18. The standard InChI is InChI=1S/C15H23NO2/c1-10(2)13-7-6-11(3)14(8-13)9-16(5)15(18)12(4)17/h6-8,10,12,17H,9H2,1-5H3. The van der Waals surface area contributed by atoms with Crippen LogP contribution in [0.1, 0.15) is 43.4 Å². The number of benzene rings is 1. The second kappa shape index (κ2) is 6.01. The summed E-state index contributed by atoms with van der Waals surface area (Å²) in [4.78, 5) is 13.2. The minimum Gasteiger partial charge on any atom is -0.384 e. The Bertz CT molecular complexity index is 425. The quantitative estimate of drug-likeness (QED) is 0.890. The summed E-state index contributed by atoms with van der Waals surface area (Å²) < 4.78 is 0. The van der Waals surface area contributed by atoms with Crippen LogP contribution in [0.2, 0.25) is 0 Å². The molecule has 0 saturated heterocycles. The Morgan fingerprint density at radius 3 is 2.44 bits per heavy atom. The third kappa shape index (κ3) is 3.57. The maximum atomic E-state index is 11.7. The second-order valence-electron chi connectivity index (χ2n) is 5.21. The minimum atomic E-state index is -0.941. The van der Waals surface area contributed by atoms with E-state index in [0.717, 1.165) is 5.56 Å². The summed E-state index contributed by atoms with van der Waals surface area (Å²) in [6.07, 6.45) is -0.941. The molecule has 3 heteroatoms.